The number of aromatic nitrogens is 2. The van der Waals surface area contributed by atoms with Gasteiger partial charge < -0.3 is 5.32 Å². The summed E-state index contributed by atoms with van der Waals surface area (Å²) in [6.45, 7) is 7.52. The van der Waals surface area contributed by atoms with Crippen LogP contribution in [0.4, 0.5) is 0 Å². The van der Waals surface area contributed by atoms with Gasteiger partial charge in [-0.2, -0.15) is 5.10 Å². The molecule has 1 heterocycles. The summed E-state index contributed by atoms with van der Waals surface area (Å²) in [4.78, 5) is 1.22. The van der Waals surface area contributed by atoms with E-state index < -0.39 is 0 Å². The molecule has 2 atom stereocenters. The van der Waals surface area contributed by atoms with Gasteiger partial charge in [0.25, 0.3) is 0 Å². The van der Waals surface area contributed by atoms with Gasteiger partial charge in [-0.15, -0.1) is 11.8 Å². The number of hydrogen-bond donors (Lipinski definition) is 1. The number of benzene rings is 1. The molecular formula is C16H23N3S. The summed E-state index contributed by atoms with van der Waals surface area (Å²) in [5.41, 5.74) is 2.65. The molecule has 3 nitrogen and oxygen atoms in total. The van der Waals surface area contributed by atoms with Crippen molar-refractivity contribution in [3.63, 3.8) is 0 Å². The second-order valence-electron chi connectivity index (χ2n) is 5.12. The van der Waals surface area contributed by atoms with Gasteiger partial charge in [0.05, 0.1) is 6.20 Å². The molecular weight excluding hydrogens is 266 g/mol. The monoisotopic (exact) mass is 289 g/mol. The van der Waals surface area contributed by atoms with E-state index in [-0.39, 0.29) is 0 Å². The zero-order valence-corrected chi connectivity index (χ0v) is 13.4. The molecule has 1 N–H and O–H groups in total. The molecule has 20 heavy (non-hydrogen) atoms. The maximum Gasteiger partial charge on any atom is 0.0625 e. The van der Waals surface area contributed by atoms with Gasteiger partial charge in [-0.25, -0.2) is 0 Å². The van der Waals surface area contributed by atoms with Gasteiger partial charge in [-0.05, 0) is 19.0 Å². The lowest BCUT2D eigenvalue weighted by molar-refractivity contribution is 0.548. The summed E-state index contributed by atoms with van der Waals surface area (Å²) in [5.74, 6) is 0. The highest BCUT2D eigenvalue weighted by Crippen LogP contribution is 2.31. The largest absolute Gasteiger partial charge is 0.309 e. The molecule has 0 saturated carbocycles. The molecule has 1 aromatic carbocycles. The lowest BCUT2D eigenvalue weighted by Crippen LogP contribution is -2.28. The quantitative estimate of drug-likeness (QED) is 0.825. The fourth-order valence-corrected chi connectivity index (χ4v) is 3.43. The van der Waals surface area contributed by atoms with E-state index in [1.807, 2.05) is 29.7 Å². The van der Waals surface area contributed by atoms with Crippen LogP contribution in [0.2, 0.25) is 0 Å². The van der Waals surface area contributed by atoms with Crippen molar-refractivity contribution in [3.05, 3.63) is 47.8 Å². The first-order chi connectivity index (χ1) is 9.60. The fourth-order valence-electron chi connectivity index (χ4n) is 2.29. The van der Waals surface area contributed by atoms with Crippen molar-refractivity contribution in [2.75, 3.05) is 6.54 Å². The van der Waals surface area contributed by atoms with Gasteiger partial charge in [0.15, 0.2) is 0 Å². The van der Waals surface area contributed by atoms with Crippen molar-refractivity contribution in [1.82, 2.24) is 15.1 Å². The van der Waals surface area contributed by atoms with E-state index in [1.165, 1.54) is 16.0 Å². The first kappa shape index (κ1) is 15.1. The Kier molecular flexibility index (Phi) is 5.26. The normalized spacial score (nSPS) is 14.2. The lowest BCUT2D eigenvalue weighted by atomic mass is 10.0. The average Bonchev–Trinajstić information content (AvgIpc) is 2.82. The van der Waals surface area contributed by atoms with Crippen molar-refractivity contribution >= 4 is 11.8 Å². The number of rotatable bonds is 6. The minimum Gasteiger partial charge on any atom is -0.309 e. The SMILES string of the molecule is CCNC(c1ccc(C)cc1)C(C)Sc1cnn(C)c1. The van der Waals surface area contributed by atoms with Crippen LogP contribution in [0.5, 0.6) is 0 Å². The molecule has 2 aromatic rings. The van der Waals surface area contributed by atoms with Crippen molar-refractivity contribution in [3.8, 4) is 0 Å². The molecule has 0 aliphatic carbocycles. The van der Waals surface area contributed by atoms with Gasteiger partial charge in [0.1, 0.15) is 0 Å². The maximum absolute atomic E-state index is 4.23. The molecule has 4 heteroatoms. The van der Waals surface area contributed by atoms with Gasteiger partial charge in [0, 0.05) is 29.4 Å². The van der Waals surface area contributed by atoms with Crippen molar-refractivity contribution < 1.29 is 0 Å². The standard InChI is InChI=1S/C16H23N3S/c1-5-17-16(14-8-6-12(2)7-9-14)13(3)20-15-10-18-19(4)11-15/h6-11,13,16-17H,5H2,1-4H3. The lowest BCUT2D eigenvalue weighted by Gasteiger charge is -2.24. The number of nitrogens with zero attached hydrogens (tertiary/aromatic N) is 2. The van der Waals surface area contributed by atoms with E-state index in [0.717, 1.165) is 6.54 Å². The number of aryl methyl sites for hydroxylation is 2. The van der Waals surface area contributed by atoms with Crippen LogP contribution in [0.1, 0.15) is 31.0 Å². The van der Waals surface area contributed by atoms with Crippen LogP contribution in [0.15, 0.2) is 41.6 Å². The van der Waals surface area contributed by atoms with Crippen LogP contribution >= 0.6 is 11.8 Å². The third kappa shape index (κ3) is 3.87. The average molecular weight is 289 g/mol. The first-order valence-electron chi connectivity index (χ1n) is 7.05. The van der Waals surface area contributed by atoms with E-state index >= 15 is 0 Å². The minimum absolute atomic E-state index is 0.353. The van der Waals surface area contributed by atoms with Crippen LogP contribution in [-0.2, 0) is 7.05 Å². The smallest absolute Gasteiger partial charge is 0.0625 e. The predicted molar refractivity (Wildman–Crippen MR) is 86.1 cm³/mol. The highest BCUT2D eigenvalue weighted by Gasteiger charge is 2.19. The Morgan fingerprint density at radius 3 is 2.55 bits per heavy atom. The van der Waals surface area contributed by atoms with Crippen molar-refractivity contribution in [1.29, 1.82) is 0 Å². The number of thioether (sulfide) groups is 1. The highest BCUT2D eigenvalue weighted by molar-refractivity contribution is 8.00. The number of nitrogens with one attached hydrogen (secondary N) is 1. The third-order valence-electron chi connectivity index (χ3n) is 3.33. The zero-order valence-electron chi connectivity index (χ0n) is 12.6. The van der Waals surface area contributed by atoms with Crippen LogP contribution in [0, 0.1) is 6.92 Å². The van der Waals surface area contributed by atoms with E-state index in [0.29, 0.717) is 11.3 Å². The highest BCUT2D eigenvalue weighted by atomic mass is 32.2. The summed E-state index contributed by atoms with van der Waals surface area (Å²) < 4.78 is 1.85. The molecule has 0 aliphatic rings. The number of hydrogen-bond acceptors (Lipinski definition) is 3. The molecule has 2 unspecified atom stereocenters. The topological polar surface area (TPSA) is 29.9 Å². The van der Waals surface area contributed by atoms with Gasteiger partial charge >= 0.3 is 0 Å². The molecule has 1 aromatic heterocycles. The summed E-state index contributed by atoms with van der Waals surface area (Å²) >= 11 is 1.87. The second kappa shape index (κ2) is 6.95. The molecule has 0 saturated heterocycles. The molecule has 0 fully saturated rings. The van der Waals surface area contributed by atoms with E-state index in [2.05, 4.69) is 61.6 Å². The minimum atomic E-state index is 0.353. The van der Waals surface area contributed by atoms with Crippen molar-refractivity contribution in [2.24, 2.45) is 7.05 Å². The Bertz CT molecular complexity index is 533. The zero-order chi connectivity index (χ0) is 14.5. The summed E-state index contributed by atoms with van der Waals surface area (Å²) in [6, 6.07) is 9.17. The Morgan fingerprint density at radius 1 is 1.30 bits per heavy atom. The second-order valence-corrected chi connectivity index (χ2v) is 6.57. The fraction of sp³-hybridized carbons (Fsp3) is 0.438. The summed E-state index contributed by atoms with van der Waals surface area (Å²) in [6.07, 6.45) is 4.00. The molecule has 2 rings (SSSR count). The Morgan fingerprint density at radius 2 is 2.00 bits per heavy atom. The summed E-state index contributed by atoms with van der Waals surface area (Å²) in [7, 11) is 1.95. The van der Waals surface area contributed by atoms with Gasteiger partial charge in [0.2, 0.25) is 0 Å². The Labute approximate surface area is 125 Å². The van der Waals surface area contributed by atoms with Crippen LogP contribution in [-0.4, -0.2) is 21.6 Å². The Hall–Kier alpha value is -1.26. The summed E-state index contributed by atoms with van der Waals surface area (Å²) in [5, 5.41) is 8.28. The Balaban J connectivity index is 2.12. The molecule has 0 bridgehead atoms. The first-order valence-corrected chi connectivity index (χ1v) is 7.93. The van der Waals surface area contributed by atoms with Gasteiger partial charge in [-0.3, -0.25) is 4.68 Å². The molecule has 0 amide bonds. The van der Waals surface area contributed by atoms with Gasteiger partial charge in [-0.1, -0.05) is 43.7 Å². The van der Waals surface area contributed by atoms with E-state index in [4.69, 9.17) is 0 Å². The predicted octanol–water partition coefficient (Wildman–Crippen LogP) is 3.56. The maximum atomic E-state index is 4.23. The molecule has 0 aliphatic heterocycles. The van der Waals surface area contributed by atoms with E-state index in [9.17, 15) is 0 Å². The molecule has 0 spiro atoms. The van der Waals surface area contributed by atoms with Crippen LogP contribution in [0.3, 0.4) is 0 Å². The molecule has 108 valence electrons. The molecule has 0 radical (unpaired) electrons. The van der Waals surface area contributed by atoms with E-state index in [1.54, 1.807) is 0 Å². The van der Waals surface area contributed by atoms with Crippen LogP contribution < -0.4 is 5.32 Å². The third-order valence-corrected chi connectivity index (χ3v) is 4.46. The van der Waals surface area contributed by atoms with Crippen LogP contribution in [0.25, 0.3) is 0 Å². The van der Waals surface area contributed by atoms with Crippen molar-refractivity contribution in [2.45, 2.75) is 37.0 Å².